The average Bonchev–Trinajstić information content (AvgIpc) is 2.41. The van der Waals surface area contributed by atoms with E-state index in [1.54, 1.807) is 0 Å². The Labute approximate surface area is 117 Å². The van der Waals surface area contributed by atoms with E-state index >= 15 is 0 Å². The Bertz CT molecular complexity index is 449. The van der Waals surface area contributed by atoms with Crippen LogP contribution in [0.5, 0.6) is 0 Å². The monoisotopic (exact) mass is 261 g/mol. The third-order valence-electron chi connectivity index (χ3n) is 4.28. The van der Waals surface area contributed by atoms with Gasteiger partial charge in [0.1, 0.15) is 0 Å². The Kier molecular flexibility index (Phi) is 5.30. The van der Waals surface area contributed by atoms with Crippen LogP contribution in [0.1, 0.15) is 55.6 Å². The van der Waals surface area contributed by atoms with Crippen LogP contribution >= 0.6 is 0 Å². The molecule has 19 heavy (non-hydrogen) atoms. The molecule has 0 aliphatic heterocycles. The van der Waals surface area contributed by atoms with Gasteiger partial charge in [0, 0.05) is 5.56 Å². The Hall–Kier alpha value is -1.15. The lowest BCUT2D eigenvalue weighted by Gasteiger charge is -2.38. The Balaban J connectivity index is 3.25. The van der Waals surface area contributed by atoms with Crippen molar-refractivity contribution < 1.29 is 4.79 Å². The summed E-state index contributed by atoms with van der Waals surface area (Å²) < 4.78 is 0. The van der Waals surface area contributed by atoms with Crippen LogP contribution in [0.4, 0.5) is 0 Å². The maximum absolute atomic E-state index is 13.0. The molecule has 0 aliphatic carbocycles. The van der Waals surface area contributed by atoms with Crippen LogP contribution in [-0.2, 0) is 0 Å². The zero-order chi connectivity index (χ0) is 14.6. The van der Waals surface area contributed by atoms with Crippen LogP contribution in [0.2, 0.25) is 0 Å². The summed E-state index contributed by atoms with van der Waals surface area (Å²) in [6, 6.07) is 6.13. The van der Waals surface area contributed by atoms with E-state index in [-0.39, 0.29) is 5.78 Å². The lowest BCUT2D eigenvalue weighted by Crippen LogP contribution is -2.52. The molecule has 0 fully saturated rings. The summed E-state index contributed by atoms with van der Waals surface area (Å²) >= 11 is 0. The molecule has 0 aromatic heterocycles. The summed E-state index contributed by atoms with van der Waals surface area (Å²) in [5, 5.41) is 0. The molecule has 0 saturated carbocycles. The van der Waals surface area contributed by atoms with Crippen LogP contribution in [0.25, 0.3) is 0 Å². The summed E-state index contributed by atoms with van der Waals surface area (Å²) in [4.78, 5) is 15.2. The Morgan fingerprint density at radius 1 is 1.16 bits per heavy atom. The van der Waals surface area contributed by atoms with E-state index < -0.39 is 5.54 Å². The molecule has 0 amide bonds. The zero-order valence-electron chi connectivity index (χ0n) is 13.2. The molecule has 0 spiro atoms. The zero-order valence-corrected chi connectivity index (χ0v) is 13.2. The van der Waals surface area contributed by atoms with Crippen molar-refractivity contribution in [3.63, 3.8) is 0 Å². The lowest BCUT2D eigenvalue weighted by molar-refractivity contribution is 0.0607. The van der Waals surface area contributed by atoms with Crippen LogP contribution < -0.4 is 0 Å². The van der Waals surface area contributed by atoms with Crippen molar-refractivity contribution in [2.45, 2.75) is 53.5 Å². The number of carbonyl (C=O) groups excluding carboxylic acids is 1. The van der Waals surface area contributed by atoms with Crippen LogP contribution in [-0.4, -0.2) is 29.3 Å². The van der Waals surface area contributed by atoms with Crippen molar-refractivity contribution in [1.29, 1.82) is 0 Å². The molecule has 0 saturated heterocycles. The number of likely N-dealkylation sites (N-methyl/N-ethyl adjacent to an activating group) is 1. The third-order valence-corrected chi connectivity index (χ3v) is 4.28. The van der Waals surface area contributed by atoms with Crippen LogP contribution in [0, 0.1) is 13.8 Å². The van der Waals surface area contributed by atoms with Gasteiger partial charge in [-0.2, -0.15) is 0 Å². The molecule has 1 aromatic rings. The highest BCUT2D eigenvalue weighted by Gasteiger charge is 2.37. The van der Waals surface area contributed by atoms with E-state index in [9.17, 15) is 4.79 Å². The number of hydrogen-bond acceptors (Lipinski definition) is 2. The number of Topliss-reactive ketones (excluding diaryl/α,β-unsaturated/α-hetero) is 1. The highest BCUT2D eigenvalue weighted by molar-refractivity contribution is 6.04. The van der Waals surface area contributed by atoms with Crippen molar-refractivity contribution in [1.82, 2.24) is 4.90 Å². The van der Waals surface area contributed by atoms with Crippen LogP contribution in [0.3, 0.4) is 0 Å². The van der Waals surface area contributed by atoms with E-state index in [1.165, 1.54) is 0 Å². The first-order chi connectivity index (χ1) is 8.90. The van der Waals surface area contributed by atoms with Gasteiger partial charge in [0.05, 0.1) is 5.54 Å². The van der Waals surface area contributed by atoms with Gasteiger partial charge in [0.25, 0.3) is 0 Å². The largest absolute Gasteiger partial charge is 0.292 e. The second-order valence-electron chi connectivity index (χ2n) is 5.45. The summed E-state index contributed by atoms with van der Waals surface area (Å²) in [7, 11) is 0. The minimum atomic E-state index is -0.401. The van der Waals surface area contributed by atoms with Gasteiger partial charge in [0.15, 0.2) is 5.78 Å². The van der Waals surface area contributed by atoms with E-state index in [0.717, 1.165) is 36.2 Å². The predicted octanol–water partition coefficient (Wildman–Crippen LogP) is 4.00. The quantitative estimate of drug-likeness (QED) is 0.721. The molecular formula is C17H27NO. The second kappa shape index (κ2) is 6.33. The maximum Gasteiger partial charge on any atom is 0.183 e. The molecule has 0 heterocycles. The maximum atomic E-state index is 13.0. The number of aryl methyl sites for hydroxylation is 2. The molecule has 1 rings (SSSR count). The van der Waals surface area contributed by atoms with Gasteiger partial charge < -0.3 is 0 Å². The highest BCUT2D eigenvalue weighted by Crippen LogP contribution is 2.26. The minimum Gasteiger partial charge on any atom is -0.292 e. The molecule has 1 unspecified atom stereocenters. The Morgan fingerprint density at radius 2 is 1.74 bits per heavy atom. The van der Waals surface area contributed by atoms with Gasteiger partial charge in [-0.15, -0.1) is 0 Å². The summed E-state index contributed by atoms with van der Waals surface area (Å²) in [5.41, 5.74) is 2.69. The molecule has 1 aromatic carbocycles. The number of benzene rings is 1. The molecule has 0 N–H and O–H groups in total. The fraction of sp³-hybridized carbons (Fsp3) is 0.588. The first-order valence-electron chi connectivity index (χ1n) is 7.27. The molecule has 0 aliphatic rings. The fourth-order valence-electron chi connectivity index (χ4n) is 2.72. The molecule has 1 atom stereocenters. The van der Waals surface area contributed by atoms with Crippen molar-refractivity contribution in [2.75, 3.05) is 13.1 Å². The molecule has 0 bridgehead atoms. The smallest absolute Gasteiger partial charge is 0.183 e. The molecule has 2 heteroatoms. The first-order valence-corrected chi connectivity index (χ1v) is 7.27. The van der Waals surface area contributed by atoms with Crippen molar-refractivity contribution in [3.8, 4) is 0 Å². The van der Waals surface area contributed by atoms with E-state index in [0.29, 0.717) is 0 Å². The molecular weight excluding hydrogens is 234 g/mol. The fourth-order valence-corrected chi connectivity index (χ4v) is 2.72. The van der Waals surface area contributed by atoms with Gasteiger partial charge in [-0.05, 0) is 51.9 Å². The lowest BCUT2D eigenvalue weighted by atomic mass is 9.84. The summed E-state index contributed by atoms with van der Waals surface area (Å²) in [6.45, 7) is 14.3. The van der Waals surface area contributed by atoms with Crippen molar-refractivity contribution >= 4 is 5.78 Å². The third kappa shape index (κ3) is 3.06. The van der Waals surface area contributed by atoms with Crippen molar-refractivity contribution in [2.24, 2.45) is 0 Å². The number of ketones is 1. The molecule has 2 nitrogen and oxygen atoms in total. The van der Waals surface area contributed by atoms with Gasteiger partial charge in [-0.3, -0.25) is 9.69 Å². The standard InChI is InChI=1S/C17H27NO/c1-7-17(6,18(8-2)9-3)16(19)15-12-13(4)10-11-14(15)5/h10-12H,7-9H2,1-6H3. The van der Waals surface area contributed by atoms with Gasteiger partial charge >= 0.3 is 0 Å². The number of carbonyl (C=O) groups is 1. The number of nitrogens with zero attached hydrogens (tertiary/aromatic N) is 1. The first kappa shape index (κ1) is 15.9. The average molecular weight is 261 g/mol. The van der Waals surface area contributed by atoms with Gasteiger partial charge in [-0.1, -0.05) is 38.5 Å². The van der Waals surface area contributed by atoms with E-state index in [1.807, 2.05) is 26.0 Å². The SMILES string of the molecule is CCN(CC)C(C)(CC)C(=O)c1cc(C)ccc1C. The molecule has 106 valence electrons. The molecule has 0 radical (unpaired) electrons. The van der Waals surface area contributed by atoms with Crippen molar-refractivity contribution in [3.05, 3.63) is 34.9 Å². The van der Waals surface area contributed by atoms with E-state index in [2.05, 4.69) is 38.7 Å². The summed E-state index contributed by atoms with van der Waals surface area (Å²) in [5.74, 6) is 0.250. The van der Waals surface area contributed by atoms with Gasteiger partial charge in [0.2, 0.25) is 0 Å². The van der Waals surface area contributed by atoms with Crippen LogP contribution in [0.15, 0.2) is 18.2 Å². The van der Waals surface area contributed by atoms with E-state index in [4.69, 9.17) is 0 Å². The Morgan fingerprint density at radius 3 is 2.21 bits per heavy atom. The number of rotatable bonds is 6. The predicted molar refractivity (Wildman–Crippen MR) is 81.9 cm³/mol. The minimum absolute atomic E-state index is 0.250. The highest BCUT2D eigenvalue weighted by atomic mass is 16.1. The second-order valence-corrected chi connectivity index (χ2v) is 5.45. The summed E-state index contributed by atoms with van der Waals surface area (Å²) in [6.07, 6.45) is 0.834. The normalized spacial score (nSPS) is 14.5. The van der Waals surface area contributed by atoms with Gasteiger partial charge in [-0.25, -0.2) is 0 Å². The number of hydrogen-bond donors (Lipinski definition) is 0. The topological polar surface area (TPSA) is 20.3 Å².